The van der Waals surface area contributed by atoms with Gasteiger partial charge in [-0.3, -0.25) is 0 Å². The van der Waals surface area contributed by atoms with Crippen LogP contribution in [-0.2, 0) is 6.42 Å². The third-order valence-electron chi connectivity index (χ3n) is 3.30. The van der Waals surface area contributed by atoms with Crippen molar-refractivity contribution in [3.8, 4) is 0 Å². The highest BCUT2D eigenvalue weighted by molar-refractivity contribution is 5.27. The Balaban J connectivity index is 2.87. The molecule has 0 nitrogen and oxygen atoms in total. The second kappa shape index (κ2) is 9.38. The molecule has 102 valence electrons. The van der Waals surface area contributed by atoms with E-state index in [1.165, 1.54) is 24.0 Å². The first-order chi connectivity index (χ1) is 9.31. The van der Waals surface area contributed by atoms with E-state index in [1.54, 1.807) is 0 Å². The molecule has 1 atom stereocenters. The van der Waals surface area contributed by atoms with Gasteiger partial charge in [-0.2, -0.15) is 0 Å². The molecule has 0 N–H and O–H groups in total. The summed E-state index contributed by atoms with van der Waals surface area (Å²) in [7, 11) is 0. The first-order valence-corrected chi connectivity index (χ1v) is 7.34. The molecule has 1 aromatic carbocycles. The van der Waals surface area contributed by atoms with Crippen LogP contribution in [0, 0.1) is 5.92 Å². The average molecular weight is 254 g/mol. The standard InChI is InChI=1S/C19H26/c1-4-7-15-18(11-5-2)19(12-6-3)16-17-13-9-8-10-14-17/h4,7-11,13-15,19H,1,5-6,12,16H2,2-3H3/b15-7-,18-11+/t19-/m0/s1. The molecule has 0 amide bonds. The second-order valence-electron chi connectivity index (χ2n) is 4.88. The van der Waals surface area contributed by atoms with Gasteiger partial charge in [-0.25, -0.2) is 0 Å². The summed E-state index contributed by atoms with van der Waals surface area (Å²) < 4.78 is 0. The van der Waals surface area contributed by atoms with Gasteiger partial charge in [0.1, 0.15) is 0 Å². The van der Waals surface area contributed by atoms with Gasteiger partial charge in [0.05, 0.1) is 0 Å². The van der Waals surface area contributed by atoms with Crippen molar-refractivity contribution in [2.75, 3.05) is 0 Å². The molecule has 0 radical (unpaired) electrons. The summed E-state index contributed by atoms with van der Waals surface area (Å²) in [4.78, 5) is 0. The lowest BCUT2D eigenvalue weighted by molar-refractivity contribution is 0.556. The quantitative estimate of drug-likeness (QED) is 0.520. The van der Waals surface area contributed by atoms with Crippen LogP contribution in [0.5, 0.6) is 0 Å². The highest BCUT2D eigenvalue weighted by Crippen LogP contribution is 2.24. The lowest BCUT2D eigenvalue weighted by Crippen LogP contribution is -2.07. The number of hydrogen-bond donors (Lipinski definition) is 0. The third kappa shape index (κ3) is 5.74. The zero-order chi connectivity index (χ0) is 13.9. The predicted molar refractivity (Wildman–Crippen MR) is 86.3 cm³/mol. The molecule has 0 aliphatic carbocycles. The monoisotopic (exact) mass is 254 g/mol. The lowest BCUT2D eigenvalue weighted by atomic mass is 9.87. The van der Waals surface area contributed by atoms with E-state index in [2.05, 4.69) is 69.0 Å². The van der Waals surface area contributed by atoms with E-state index < -0.39 is 0 Å². The van der Waals surface area contributed by atoms with Gasteiger partial charge < -0.3 is 0 Å². The molecule has 0 spiro atoms. The van der Waals surface area contributed by atoms with E-state index in [-0.39, 0.29) is 0 Å². The molecular weight excluding hydrogens is 228 g/mol. The molecule has 1 rings (SSSR count). The van der Waals surface area contributed by atoms with Crippen LogP contribution in [0.3, 0.4) is 0 Å². The maximum atomic E-state index is 3.77. The summed E-state index contributed by atoms with van der Waals surface area (Å²) in [6.07, 6.45) is 13.2. The summed E-state index contributed by atoms with van der Waals surface area (Å²) in [6, 6.07) is 10.8. The van der Waals surface area contributed by atoms with Gasteiger partial charge >= 0.3 is 0 Å². The SMILES string of the molecule is C=C/C=C\C(=C/CC)[C@@H](CCC)Cc1ccccc1. The zero-order valence-electron chi connectivity index (χ0n) is 12.3. The van der Waals surface area contributed by atoms with Crippen molar-refractivity contribution in [3.05, 3.63) is 72.4 Å². The number of rotatable bonds is 8. The zero-order valence-corrected chi connectivity index (χ0v) is 12.3. The van der Waals surface area contributed by atoms with Crippen LogP contribution >= 0.6 is 0 Å². The van der Waals surface area contributed by atoms with Crippen molar-refractivity contribution < 1.29 is 0 Å². The van der Waals surface area contributed by atoms with E-state index in [9.17, 15) is 0 Å². The normalized spacial score (nSPS) is 13.7. The van der Waals surface area contributed by atoms with E-state index >= 15 is 0 Å². The fourth-order valence-electron chi connectivity index (χ4n) is 2.42. The van der Waals surface area contributed by atoms with Gasteiger partial charge in [0.2, 0.25) is 0 Å². The fourth-order valence-corrected chi connectivity index (χ4v) is 2.42. The Kier molecular flexibility index (Phi) is 7.65. The average Bonchev–Trinajstić information content (AvgIpc) is 2.44. The smallest absolute Gasteiger partial charge is 0.0125 e. The molecule has 0 saturated carbocycles. The first-order valence-electron chi connectivity index (χ1n) is 7.34. The van der Waals surface area contributed by atoms with Crippen LogP contribution in [0.2, 0.25) is 0 Å². The number of benzene rings is 1. The Morgan fingerprint density at radius 3 is 2.53 bits per heavy atom. The van der Waals surface area contributed by atoms with Crippen LogP contribution in [0.4, 0.5) is 0 Å². The second-order valence-corrected chi connectivity index (χ2v) is 4.88. The lowest BCUT2D eigenvalue weighted by Gasteiger charge is -2.18. The van der Waals surface area contributed by atoms with Crippen molar-refractivity contribution in [1.29, 1.82) is 0 Å². The molecule has 0 bridgehead atoms. The van der Waals surface area contributed by atoms with Crippen molar-refractivity contribution in [2.24, 2.45) is 5.92 Å². The molecule has 19 heavy (non-hydrogen) atoms. The van der Waals surface area contributed by atoms with Crippen molar-refractivity contribution in [1.82, 2.24) is 0 Å². The summed E-state index contributed by atoms with van der Waals surface area (Å²) in [6.45, 7) is 8.23. The van der Waals surface area contributed by atoms with E-state index in [4.69, 9.17) is 0 Å². The summed E-state index contributed by atoms with van der Waals surface area (Å²) in [5, 5.41) is 0. The largest absolute Gasteiger partial charge is 0.0991 e. The maximum absolute atomic E-state index is 3.77. The summed E-state index contributed by atoms with van der Waals surface area (Å²) >= 11 is 0. The minimum absolute atomic E-state index is 0.614. The van der Waals surface area contributed by atoms with Crippen LogP contribution in [0.15, 0.2) is 66.8 Å². The van der Waals surface area contributed by atoms with E-state index in [0.29, 0.717) is 5.92 Å². The summed E-state index contributed by atoms with van der Waals surface area (Å²) in [5.74, 6) is 0.614. The molecule has 0 saturated heterocycles. The minimum Gasteiger partial charge on any atom is -0.0991 e. The molecule has 1 aromatic rings. The van der Waals surface area contributed by atoms with Crippen LogP contribution < -0.4 is 0 Å². The van der Waals surface area contributed by atoms with Crippen LogP contribution in [0.25, 0.3) is 0 Å². The van der Waals surface area contributed by atoms with Gasteiger partial charge in [-0.1, -0.05) is 81.5 Å². The Hall–Kier alpha value is -1.56. The van der Waals surface area contributed by atoms with Gasteiger partial charge in [-0.15, -0.1) is 0 Å². The molecule has 0 heteroatoms. The first kappa shape index (κ1) is 15.5. The summed E-state index contributed by atoms with van der Waals surface area (Å²) in [5.41, 5.74) is 2.88. The molecule has 0 aliphatic heterocycles. The Morgan fingerprint density at radius 1 is 1.21 bits per heavy atom. The van der Waals surface area contributed by atoms with Gasteiger partial charge in [0, 0.05) is 0 Å². The Bertz CT molecular complexity index is 409. The highest BCUT2D eigenvalue weighted by atomic mass is 14.2. The van der Waals surface area contributed by atoms with Gasteiger partial charge in [0.25, 0.3) is 0 Å². The maximum Gasteiger partial charge on any atom is -0.0125 e. The van der Waals surface area contributed by atoms with Gasteiger partial charge in [-0.05, 0) is 36.3 Å². The Labute approximate surface area is 118 Å². The fraction of sp³-hybridized carbons (Fsp3) is 0.368. The molecular formula is C19H26. The Morgan fingerprint density at radius 2 is 1.95 bits per heavy atom. The van der Waals surface area contributed by atoms with Crippen molar-refractivity contribution in [3.63, 3.8) is 0 Å². The highest BCUT2D eigenvalue weighted by Gasteiger charge is 2.11. The molecule has 0 heterocycles. The molecule has 0 aromatic heterocycles. The van der Waals surface area contributed by atoms with E-state index in [0.717, 1.165) is 12.8 Å². The van der Waals surface area contributed by atoms with Crippen molar-refractivity contribution in [2.45, 2.75) is 39.5 Å². The predicted octanol–water partition coefficient (Wildman–Crippen LogP) is 5.72. The third-order valence-corrected chi connectivity index (χ3v) is 3.30. The van der Waals surface area contributed by atoms with E-state index in [1.807, 2.05) is 6.08 Å². The minimum atomic E-state index is 0.614. The topological polar surface area (TPSA) is 0 Å². The molecule has 0 fully saturated rings. The number of hydrogen-bond acceptors (Lipinski definition) is 0. The molecule has 0 aliphatic rings. The van der Waals surface area contributed by atoms with Crippen molar-refractivity contribution >= 4 is 0 Å². The number of allylic oxidation sites excluding steroid dienone is 5. The van der Waals surface area contributed by atoms with Gasteiger partial charge in [0.15, 0.2) is 0 Å². The van der Waals surface area contributed by atoms with Crippen LogP contribution in [0.1, 0.15) is 38.7 Å². The molecule has 0 unspecified atom stereocenters. The van der Waals surface area contributed by atoms with Crippen LogP contribution in [-0.4, -0.2) is 0 Å².